The van der Waals surface area contributed by atoms with Crippen LogP contribution in [0.5, 0.6) is 0 Å². The minimum absolute atomic E-state index is 0.115. The first kappa shape index (κ1) is 20.7. The molecule has 1 aromatic carbocycles. The van der Waals surface area contributed by atoms with E-state index in [1.54, 1.807) is 32.9 Å². The SMILES string of the molecule is C=C(C[C@@H](NOC(=O)OC(C)(C)C)C(C)C)C(=O)Nc1ccccc1. The highest BCUT2D eigenvalue weighted by atomic mass is 16.8. The second kappa shape index (κ2) is 9.22. The molecule has 0 aliphatic carbocycles. The lowest BCUT2D eigenvalue weighted by molar-refractivity contribution is -0.113. The van der Waals surface area contributed by atoms with Crippen LogP contribution in [0.2, 0.25) is 0 Å². The Morgan fingerprint density at radius 2 is 1.76 bits per heavy atom. The lowest BCUT2D eigenvalue weighted by Gasteiger charge is -2.24. The van der Waals surface area contributed by atoms with Crippen LogP contribution in [0.4, 0.5) is 10.5 Å². The van der Waals surface area contributed by atoms with Gasteiger partial charge in [-0.05, 0) is 45.2 Å². The molecule has 0 fully saturated rings. The van der Waals surface area contributed by atoms with Gasteiger partial charge in [-0.15, -0.1) is 5.48 Å². The van der Waals surface area contributed by atoms with E-state index in [-0.39, 0.29) is 17.9 Å². The van der Waals surface area contributed by atoms with Crippen LogP contribution in [0, 0.1) is 5.92 Å². The van der Waals surface area contributed by atoms with Crippen molar-refractivity contribution >= 4 is 17.7 Å². The number of rotatable bonds is 7. The molecule has 1 aromatic rings. The first-order chi connectivity index (χ1) is 11.6. The van der Waals surface area contributed by atoms with E-state index in [1.165, 1.54) is 0 Å². The summed E-state index contributed by atoms with van der Waals surface area (Å²) in [5.41, 5.74) is 3.14. The first-order valence-corrected chi connectivity index (χ1v) is 8.28. The molecule has 6 nitrogen and oxygen atoms in total. The predicted octanol–water partition coefficient (Wildman–Crippen LogP) is 4.05. The molecule has 0 unspecified atom stereocenters. The maximum atomic E-state index is 12.2. The zero-order valence-electron chi connectivity index (χ0n) is 15.6. The fraction of sp³-hybridized carbons (Fsp3) is 0.474. The normalized spacial score (nSPS) is 12.4. The average molecular weight is 348 g/mol. The van der Waals surface area contributed by atoms with Crippen LogP contribution in [-0.4, -0.2) is 23.7 Å². The van der Waals surface area contributed by atoms with Crippen molar-refractivity contribution in [3.63, 3.8) is 0 Å². The summed E-state index contributed by atoms with van der Waals surface area (Å²) in [5.74, 6) is -0.153. The van der Waals surface area contributed by atoms with Crippen molar-refractivity contribution in [2.45, 2.75) is 52.7 Å². The quantitative estimate of drug-likeness (QED) is 0.441. The number of hydrogen-bond acceptors (Lipinski definition) is 5. The Balaban J connectivity index is 2.54. The standard InChI is InChI=1S/C19H28N2O4/c1-13(2)16(21-25-18(23)24-19(4,5)6)12-14(3)17(22)20-15-10-8-7-9-11-15/h7-11,13,16,21H,3,12H2,1-2,4-6H3,(H,20,22)/t16-/m1/s1. The summed E-state index contributed by atoms with van der Waals surface area (Å²) >= 11 is 0. The van der Waals surface area contributed by atoms with Crippen molar-refractivity contribution in [1.82, 2.24) is 5.48 Å². The summed E-state index contributed by atoms with van der Waals surface area (Å²) in [4.78, 5) is 28.8. The monoisotopic (exact) mass is 348 g/mol. The Labute approximate surface area is 149 Å². The van der Waals surface area contributed by atoms with E-state index in [1.807, 2.05) is 32.0 Å². The van der Waals surface area contributed by atoms with Gasteiger partial charge < -0.3 is 14.9 Å². The molecule has 0 aromatic heterocycles. The van der Waals surface area contributed by atoms with Gasteiger partial charge in [0.05, 0.1) is 0 Å². The van der Waals surface area contributed by atoms with Crippen LogP contribution in [0.3, 0.4) is 0 Å². The summed E-state index contributed by atoms with van der Waals surface area (Å²) in [7, 11) is 0. The third-order valence-electron chi connectivity index (χ3n) is 3.31. The Morgan fingerprint density at radius 1 is 1.16 bits per heavy atom. The number of para-hydroxylation sites is 1. The van der Waals surface area contributed by atoms with Gasteiger partial charge in [0.25, 0.3) is 5.91 Å². The van der Waals surface area contributed by atoms with E-state index in [2.05, 4.69) is 17.4 Å². The molecule has 0 radical (unpaired) electrons. The molecule has 1 amide bonds. The van der Waals surface area contributed by atoms with Crippen molar-refractivity contribution in [2.75, 3.05) is 5.32 Å². The first-order valence-electron chi connectivity index (χ1n) is 8.28. The van der Waals surface area contributed by atoms with Gasteiger partial charge in [0.2, 0.25) is 0 Å². The molecule has 1 rings (SSSR count). The van der Waals surface area contributed by atoms with E-state index in [4.69, 9.17) is 9.57 Å². The predicted molar refractivity (Wildman–Crippen MR) is 97.9 cm³/mol. The Hall–Kier alpha value is -2.34. The molecule has 2 N–H and O–H groups in total. The number of ether oxygens (including phenoxy) is 1. The second-order valence-corrected chi connectivity index (χ2v) is 7.16. The van der Waals surface area contributed by atoms with Crippen molar-refractivity contribution < 1.29 is 19.2 Å². The number of amides is 1. The minimum atomic E-state index is -0.808. The molecule has 0 saturated carbocycles. The van der Waals surface area contributed by atoms with E-state index >= 15 is 0 Å². The highest BCUT2D eigenvalue weighted by Crippen LogP contribution is 2.15. The number of anilines is 1. The van der Waals surface area contributed by atoms with Gasteiger partial charge in [-0.1, -0.05) is 38.6 Å². The highest BCUT2D eigenvalue weighted by Gasteiger charge is 2.22. The number of hydrogen-bond donors (Lipinski definition) is 2. The lowest BCUT2D eigenvalue weighted by Crippen LogP contribution is -2.38. The average Bonchev–Trinajstić information content (AvgIpc) is 2.50. The topological polar surface area (TPSA) is 76.7 Å². The number of hydroxylamine groups is 1. The summed E-state index contributed by atoms with van der Waals surface area (Å²) in [6.45, 7) is 13.0. The van der Waals surface area contributed by atoms with Gasteiger partial charge in [0.1, 0.15) is 5.60 Å². The van der Waals surface area contributed by atoms with E-state index in [0.717, 1.165) is 0 Å². The van der Waals surface area contributed by atoms with Crippen LogP contribution < -0.4 is 10.8 Å². The fourth-order valence-electron chi connectivity index (χ4n) is 1.91. The summed E-state index contributed by atoms with van der Waals surface area (Å²) in [6.07, 6.45) is -0.475. The van der Waals surface area contributed by atoms with Gasteiger partial charge in [-0.2, -0.15) is 0 Å². The molecule has 0 aliphatic heterocycles. The molecule has 25 heavy (non-hydrogen) atoms. The number of benzene rings is 1. The zero-order valence-corrected chi connectivity index (χ0v) is 15.6. The molecule has 0 bridgehead atoms. The van der Waals surface area contributed by atoms with Gasteiger partial charge >= 0.3 is 6.16 Å². The summed E-state index contributed by atoms with van der Waals surface area (Å²) in [5, 5.41) is 2.78. The molecule has 6 heteroatoms. The maximum absolute atomic E-state index is 12.2. The minimum Gasteiger partial charge on any atom is -0.427 e. The van der Waals surface area contributed by atoms with E-state index < -0.39 is 11.8 Å². The third kappa shape index (κ3) is 8.35. The fourth-order valence-corrected chi connectivity index (χ4v) is 1.91. The van der Waals surface area contributed by atoms with E-state index in [9.17, 15) is 9.59 Å². The van der Waals surface area contributed by atoms with Crippen LogP contribution in [0.25, 0.3) is 0 Å². The van der Waals surface area contributed by atoms with E-state index in [0.29, 0.717) is 17.7 Å². The van der Waals surface area contributed by atoms with Crippen LogP contribution in [-0.2, 0) is 14.4 Å². The van der Waals surface area contributed by atoms with Crippen LogP contribution in [0.15, 0.2) is 42.5 Å². The molecule has 0 aliphatic rings. The Bertz CT molecular complexity index is 591. The van der Waals surface area contributed by atoms with Crippen molar-refractivity contribution in [3.05, 3.63) is 42.5 Å². The number of carbonyl (C=O) groups is 2. The lowest BCUT2D eigenvalue weighted by atomic mass is 9.97. The zero-order chi connectivity index (χ0) is 19.0. The van der Waals surface area contributed by atoms with Gasteiger partial charge in [-0.25, -0.2) is 4.79 Å². The third-order valence-corrected chi connectivity index (χ3v) is 3.31. The summed E-state index contributed by atoms with van der Waals surface area (Å²) in [6, 6.07) is 8.89. The van der Waals surface area contributed by atoms with Crippen molar-refractivity contribution in [3.8, 4) is 0 Å². The maximum Gasteiger partial charge on any atom is 0.528 e. The molecule has 0 saturated heterocycles. The number of carbonyl (C=O) groups excluding carboxylic acids is 2. The molecule has 0 spiro atoms. The molecular formula is C19H28N2O4. The van der Waals surface area contributed by atoms with Gasteiger partial charge in [0.15, 0.2) is 0 Å². The largest absolute Gasteiger partial charge is 0.528 e. The van der Waals surface area contributed by atoms with Gasteiger partial charge in [-0.3, -0.25) is 4.79 Å². The number of nitrogens with one attached hydrogen (secondary N) is 2. The second-order valence-electron chi connectivity index (χ2n) is 7.16. The van der Waals surface area contributed by atoms with Crippen LogP contribution in [0.1, 0.15) is 41.0 Å². The van der Waals surface area contributed by atoms with Gasteiger partial charge in [0, 0.05) is 17.3 Å². The van der Waals surface area contributed by atoms with Crippen molar-refractivity contribution in [2.24, 2.45) is 5.92 Å². The molecular weight excluding hydrogens is 320 g/mol. The summed E-state index contributed by atoms with van der Waals surface area (Å²) < 4.78 is 5.07. The highest BCUT2D eigenvalue weighted by molar-refractivity contribution is 6.03. The smallest absolute Gasteiger partial charge is 0.427 e. The van der Waals surface area contributed by atoms with Crippen molar-refractivity contribution in [1.29, 1.82) is 0 Å². The molecule has 0 heterocycles. The Kier molecular flexibility index (Phi) is 7.64. The van der Waals surface area contributed by atoms with Crippen LogP contribution >= 0.6 is 0 Å². The molecule has 138 valence electrons. The molecule has 1 atom stereocenters. The Morgan fingerprint density at radius 3 is 2.28 bits per heavy atom.